The second kappa shape index (κ2) is 13.4. The van der Waals surface area contributed by atoms with Crippen LogP contribution in [0.3, 0.4) is 0 Å². The van der Waals surface area contributed by atoms with E-state index >= 15 is 0 Å². The lowest BCUT2D eigenvalue weighted by molar-refractivity contribution is 0.669. The lowest BCUT2D eigenvalue weighted by atomic mass is 9.70. The molecule has 62 heavy (non-hydrogen) atoms. The number of hydrogen-bond donors (Lipinski definition) is 0. The molecule has 11 aromatic rings. The highest BCUT2D eigenvalue weighted by Crippen LogP contribution is 2.63. The van der Waals surface area contributed by atoms with Crippen LogP contribution in [0.15, 0.2) is 223 Å². The van der Waals surface area contributed by atoms with Crippen LogP contribution in [0.5, 0.6) is 0 Å². The Morgan fingerprint density at radius 3 is 1.52 bits per heavy atom. The Morgan fingerprint density at radius 2 is 0.823 bits per heavy atom. The fourth-order valence-corrected chi connectivity index (χ4v) is 10.4. The molecule has 2 aliphatic rings. The van der Waals surface area contributed by atoms with Gasteiger partial charge in [0.25, 0.3) is 0 Å². The van der Waals surface area contributed by atoms with Crippen molar-refractivity contribution in [2.45, 2.75) is 5.41 Å². The van der Waals surface area contributed by atoms with Gasteiger partial charge in [0.05, 0.1) is 16.8 Å². The van der Waals surface area contributed by atoms with Crippen LogP contribution in [0.2, 0.25) is 0 Å². The minimum atomic E-state index is -0.396. The molecule has 2 aromatic heterocycles. The normalized spacial score (nSPS) is 13.0. The van der Waals surface area contributed by atoms with E-state index in [4.69, 9.17) is 14.4 Å². The Labute approximate surface area is 359 Å². The molecular weight excluding hydrogens is 753 g/mol. The van der Waals surface area contributed by atoms with Gasteiger partial charge in [-0.25, -0.2) is 9.97 Å². The summed E-state index contributed by atoms with van der Waals surface area (Å²) in [6.45, 7) is 0. The molecule has 9 aromatic carbocycles. The number of benzene rings is 9. The van der Waals surface area contributed by atoms with Gasteiger partial charge in [-0.05, 0) is 103 Å². The Morgan fingerprint density at radius 1 is 0.306 bits per heavy atom. The van der Waals surface area contributed by atoms with Crippen molar-refractivity contribution < 1.29 is 4.42 Å². The second-order valence-corrected chi connectivity index (χ2v) is 16.4. The van der Waals surface area contributed by atoms with Crippen molar-refractivity contribution in [1.29, 1.82) is 0 Å². The average Bonchev–Trinajstić information content (AvgIpc) is 3.98. The number of fused-ring (bicyclic) bond motifs is 13. The van der Waals surface area contributed by atoms with Crippen molar-refractivity contribution >= 4 is 21.9 Å². The molecule has 3 heteroatoms. The molecule has 0 saturated heterocycles. The van der Waals surface area contributed by atoms with Gasteiger partial charge in [-0.1, -0.05) is 182 Å². The van der Waals surface area contributed by atoms with Crippen LogP contribution < -0.4 is 0 Å². The molecular formula is C59H36N2O. The summed E-state index contributed by atoms with van der Waals surface area (Å²) in [5.41, 5.74) is 21.3. The summed E-state index contributed by atoms with van der Waals surface area (Å²) in [5, 5.41) is 2.19. The first-order chi connectivity index (χ1) is 30.7. The maximum Gasteiger partial charge on any atom is 0.160 e. The van der Waals surface area contributed by atoms with E-state index in [0.29, 0.717) is 5.82 Å². The van der Waals surface area contributed by atoms with Crippen LogP contribution in [0.25, 0.3) is 100 Å². The molecule has 0 radical (unpaired) electrons. The lowest BCUT2D eigenvalue weighted by Gasteiger charge is -2.30. The van der Waals surface area contributed by atoms with E-state index in [1.807, 2.05) is 24.3 Å². The van der Waals surface area contributed by atoms with Gasteiger partial charge in [0, 0.05) is 27.5 Å². The highest BCUT2D eigenvalue weighted by molar-refractivity contribution is 6.13. The molecule has 0 bridgehead atoms. The second-order valence-electron chi connectivity index (χ2n) is 16.4. The summed E-state index contributed by atoms with van der Waals surface area (Å²) in [6, 6.07) is 78.5. The molecule has 0 atom stereocenters. The Kier molecular flexibility index (Phi) is 7.52. The number of nitrogens with zero attached hydrogens (tertiary/aromatic N) is 2. The summed E-state index contributed by atoms with van der Waals surface area (Å²) in [6.07, 6.45) is 0. The molecule has 0 fully saturated rings. The van der Waals surface area contributed by atoms with Crippen molar-refractivity contribution in [3.8, 4) is 78.4 Å². The molecule has 3 nitrogen and oxygen atoms in total. The summed E-state index contributed by atoms with van der Waals surface area (Å²) >= 11 is 0. The van der Waals surface area contributed by atoms with Crippen molar-refractivity contribution in [3.63, 3.8) is 0 Å². The number of aromatic nitrogens is 2. The van der Waals surface area contributed by atoms with Crippen LogP contribution >= 0.6 is 0 Å². The zero-order valence-electron chi connectivity index (χ0n) is 33.6. The maximum absolute atomic E-state index is 6.60. The third kappa shape index (κ3) is 5.06. The Balaban J connectivity index is 0.957. The summed E-state index contributed by atoms with van der Waals surface area (Å²) < 4.78 is 6.60. The predicted molar refractivity (Wildman–Crippen MR) is 253 cm³/mol. The third-order valence-corrected chi connectivity index (χ3v) is 13.1. The summed E-state index contributed by atoms with van der Waals surface area (Å²) in [4.78, 5) is 10.2. The zero-order valence-corrected chi connectivity index (χ0v) is 33.6. The van der Waals surface area contributed by atoms with E-state index in [0.717, 1.165) is 66.7 Å². The molecule has 288 valence electrons. The van der Waals surface area contributed by atoms with Crippen molar-refractivity contribution in [2.75, 3.05) is 0 Å². The molecule has 0 aliphatic heterocycles. The minimum absolute atomic E-state index is 0.396. The van der Waals surface area contributed by atoms with E-state index in [-0.39, 0.29) is 0 Å². The molecule has 2 heterocycles. The average molecular weight is 789 g/mol. The zero-order chi connectivity index (χ0) is 40.8. The minimum Gasteiger partial charge on any atom is -0.456 e. The van der Waals surface area contributed by atoms with E-state index in [1.54, 1.807) is 0 Å². The van der Waals surface area contributed by atoms with Crippen LogP contribution in [0.1, 0.15) is 22.3 Å². The topological polar surface area (TPSA) is 38.9 Å². The first-order valence-electron chi connectivity index (χ1n) is 21.2. The predicted octanol–water partition coefficient (Wildman–Crippen LogP) is 15.1. The fraction of sp³-hybridized carbons (Fsp3) is 0.0169. The van der Waals surface area contributed by atoms with Crippen molar-refractivity contribution in [2.24, 2.45) is 0 Å². The maximum atomic E-state index is 6.60. The molecule has 1 spiro atoms. The smallest absolute Gasteiger partial charge is 0.160 e. The van der Waals surface area contributed by atoms with Gasteiger partial charge >= 0.3 is 0 Å². The van der Waals surface area contributed by atoms with E-state index < -0.39 is 5.41 Å². The standard InChI is InChI=1S/C59H36N2O/c1-3-15-37(16-4-1)53-36-54(61-58(60-53)38-17-5-2-6-18-38)42-20-13-19-41(33-42)43-24-14-28-56-57(43)48-34-39(30-32-55(48)62-56)40-29-31-47-46-23-9-12-27-51(46)59(52(47)35-40)49-25-10-7-21-44(49)45-22-8-11-26-50(45)59/h1-36H. The first kappa shape index (κ1) is 34.7. The van der Waals surface area contributed by atoms with E-state index in [2.05, 4.69) is 194 Å². The van der Waals surface area contributed by atoms with Gasteiger partial charge in [0.1, 0.15) is 11.2 Å². The van der Waals surface area contributed by atoms with Crippen LogP contribution in [0, 0.1) is 0 Å². The first-order valence-corrected chi connectivity index (χ1v) is 21.2. The van der Waals surface area contributed by atoms with Gasteiger partial charge < -0.3 is 4.42 Å². The Bertz CT molecular complexity index is 3460. The molecule has 2 aliphatic carbocycles. The molecule has 0 N–H and O–H groups in total. The molecule has 0 amide bonds. The SMILES string of the molecule is c1ccc(-c2cc(-c3cccc(-c4cccc5oc6ccc(-c7ccc8c(c7)C7(c9ccccc9-c9ccccc97)c7ccccc7-8)cc6c45)c3)nc(-c3ccccc3)n2)cc1. The van der Waals surface area contributed by atoms with E-state index in [1.165, 1.54) is 50.1 Å². The number of furan rings is 1. The Hall–Kier alpha value is -8.14. The molecule has 0 unspecified atom stereocenters. The van der Waals surface area contributed by atoms with Gasteiger partial charge in [-0.15, -0.1) is 0 Å². The van der Waals surface area contributed by atoms with Gasteiger partial charge in [0.15, 0.2) is 5.82 Å². The van der Waals surface area contributed by atoms with Gasteiger partial charge in [0.2, 0.25) is 0 Å². The van der Waals surface area contributed by atoms with Crippen molar-refractivity contribution in [1.82, 2.24) is 9.97 Å². The van der Waals surface area contributed by atoms with Crippen LogP contribution in [-0.4, -0.2) is 9.97 Å². The number of hydrogen-bond acceptors (Lipinski definition) is 3. The highest BCUT2D eigenvalue weighted by atomic mass is 16.3. The monoisotopic (exact) mass is 788 g/mol. The molecule has 13 rings (SSSR count). The fourth-order valence-electron chi connectivity index (χ4n) is 10.4. The van der Waals surface area contributed by atoms with Gasteiger partial charge in [-0.3, -0.25) is 0 Å². The number of rotatable bonds is 5. The lowest BCUT2D eigenvalue weighted by Crippen LogP contribution is -2.25. The van der Waals surface area contributed by atoms with Crippen LogP contribution in [-0.2, 0) is 5.41 Å². The highest BCUT2D eigenvalue weighted by Gasteiger charge is 2.51. The summed E-state index contributed by atoms with van der Waals surface area (Å²) in [7, 11) is 0. The quantitative estimate of drug-likeness (QED) is 0.174. The molecule has 0 saturated carbocycles. The van der Waals surface area contributed by atoms with Gasteiger partial charge in [-0.2, -0.15) is 0 Å². The van der Waals surface area contributed by atoms with Crippen LogP contribution in [0.4, 0.5) is 0 Å². The van der Waals surface area contributed by atoms with Crippen molar-refractivity contribution in [3.05, 3.63) is 241 Å². The largest absolute Gasteiger partial charge is 0.456 e. The summed E-state index contributed by atoms with van der Waals surface area (Å²) in [5.74, 6) is 0.700. The van der Waals surface area contributed by atoms with E-state index in [9.17, 15) is 0 Å². The third-order valence-electron chi connectivity index (χ3n) is 13.1.